The van der Waals surface area contributed by atoms with Gasteiger partial charge in [0.1, 0.15) is 12.3 Å². The second-order valence-corrected chi connectivity index (χ2v) is 10.1. The maximum absolute atomic E-state index is 13.0. The zero-order chi connectivity index (χ0) is 22.6. The number of carbonyl (C=O) groups is 2. The molecule has 10 nitrogen and oxygen atoms in total. The Hall–Kier alpha value is -2.21. The number of carbonyl (C=O) groups excluding carboxylic acids is 2. The van der Waals surface area contributed by atoms with E-state index in [2.05, 4.69) is 10.2 Å². The van der Waals surface area contributed by atoms with Crippen LogP contribution in [0, 0.1) is 0 Å². The SMILES string of the molecule is O=C(CN1C(=O)COc2ccc(S(=O)(=O)N3CCOCC3)cc21)NCCCN1CCCC1. The molecule has 1 aromatic rings. The molecule has 2 fully saturated rings. The maximum atomic E-state index is 13.0. The van der Waals surface area contributed by atoms with Gasteiger partial charge in [0.05, 0.1) is 23.8 Å². The molecule has 3 aliphatic heterocycles. The van der Waals surface area contributed by atoms with Gasteiger partial charge < -0.3 is 19.7 Å². The Morgan fingerprint density at radius 1 is 1.09 bits per heavy atom. The fourth-order valence-corrected chi connectivity index (χ4v) is 5.62. The topological polar surface area (TPSA) is 108 Å². The predicted molar refractivity (Wildman–Crippen MR) is 117 cm³/mol. The summed E-state index contributed by atoms with van der Waals surface area (Å²) in [6.07, 6.45) is 3.31. The van der Waals surface area contributed by atoms with Crippen molar-refractivity contribution in [3.05, 3.63) is 18.2 Å². The first-order valence-electron chi connectivity index (χ1n) is 11.1. The van der Waals surface area contributed by atoms with Crippen molar-refractivity contribution in [3.8, 4) is 5.75 Å². The van der Waals surface area contributed by atoms with E-state index < -0.39 is 10.0 Å². The van der Waals surface area contributed by atoms with Crippen LogP contribution in [0.3, 0.4) is 0 Å². The zero-order valence-electron chi connectivity index (χ0n) is 18.1. The lowest BCUT2D eigenvalue weighted by Crippen LogP contribution is -2.45. The van der Waals surface area contributed by atoms with Gasteiger partial charge in [-0.15, -0.1) is 0 Å². The normalized spacial score (nSPS) is 20.1. The number of likely N-dealkylation sites (tertiary alicyclic amines) is 1. The van der Waals surface area contributed by atoms with E-state index in [4.69, 9.17) is 9.47 Å². The quantitative estimate of drug-likeness (QED) is 0.539. The van der Waals surface area contributed by atoms with Crippen LogP contribution in [0.25, 0.3) is 0 Å². The summed E-state index contributed by atoms with van der Waals surface area (Å²) >= 11 is 0. The first-order valence-corrected chi connectivity index (χ1v) is 12.5. The van der Waals surface area contributed by atoms with Crippen molar-refractivity contribution in [3.63, 3.8) is 0 Å². The predicted octanol–water partition coefficient (Wildman–Crippen LogP) is 0.0350. The Morgan fingerprint density at radius 2 is 1.84 bits per heavy atom. The second kappa shape index (κ2) is 10.2. The van der Waals surface area contributed by atoms with Crippen molar-refractivity contribution >= 4 is 27.5 Å². The monoisotopic (exact) mass is 466 g/mol. The van der Waals surface area contributed by atoms with Crippen molar-refractivity contribution in [2.45, 2.75) is 24.2 Å². The molecule has 0 atom stereocenters. The summed E-state index contributed by atoms with van der Waals surface area (Å²) in [5.74, 6) is -0.285. The molecule has 0 saturated carbocycles. The maximum Gasteiger partial charge on any atom is 0.265 e. The largest absolute Gasteiger partial charge is 0.482 e. The third-order valence-electron chi connectivity index (χ3n) is 5.95. The molecule has 0 bridgehead atoms. The zero-order valence-corrected chi connectivity index (χ0v) is 18.9. The Kier molecular flexibility index (Phi) is 7.29. The highest BCUT2D eigenvalue weighted by atomic mass is 32.2. The van der Waals surface area contributed by atoms with E-state index in [1.807, 2.05) is 0 Å². The number of amides is 2. The van der Waals surface area contributed by atoms with Crippen molar-refractivity contribution in [1.82, 2.24) is 14.5 Å². The third kappa shape index (κ3) is 5.22. The minimum atomic E-state index is -3.74. The Balaban J connectivity index is 1.42. The Bertz CT molecular complexity index is 942. The van der Waals surface area contributed by atoms with E-state index in [1.165, 1.54) is 40.2 Å². The average Bonchev–Trinajstić information content (AvgIpc) is 3.32. The van der Waals surface area contributed by atoms with E-state index in [0.29, 0.717) is 31.2 Å². The van der Waals surface area contributed by atoms with E-state index >= 15 is 0 Å². The molecule has 0 aromatic heterocycles. The fourth-order valence-electron chi connectivity index (χ4n) is 4.19. The van der Waals surface area contributed by atoms with Crippen LogP contribution in [0.15, 0.2) is 23.1 Å². The molecule has 3 aliphatic rings. The summed E-state index contributed by atoms with van der Waals surface area (Å²) in [5, 5.41) is 2.86. The van der Waals surface area contributed by atoms with Gasteiger partial charge in [-0.1, -0.05) is 0 Å². The number of rotatable bonds is 8. The molecule has 2 saturated heterocycles. The summed E-state index contributed by atoms with van der Waals surface area (Å²) in [5.41, 5.74) is 0.294. The van der Waals surface area contributed by atoms with Gasteiger partial charge >= 0.3 is 0 Å². The van der Waals surface area contributed by atoms with E-state index in [1.54, 1.807) is 0 Å². The summed E-state index contributed by atoms with van der Waals surface area (Å²) in [6, 6.07) is 4.42. The third-order valence-corrected chi connectivity index (χ3v) is 7.85. The van der Waals surface area contributed by atoms with Crippen LogP contribution in [0.2, 0.25) is 0 Å². The molecule has 0 unspecified atom stereocenters. The van der Waals surface area contributed by atoms with Crippen molar-refractivity contribution < 1.29 is 27.5 Å². The molecular weight excluding hydrogens is 436 g/mol. The van der Waals surface area contributed by atoms with Crippen LogP contribution in [0.5, 0.6) is 5.75 Å². The molecule has 0 radical (unpaired) electrons. The smallest absolute Gasteiger partial charge is 0.265 e. The first kappa shape index (κ1) is 23.0. The number of nitrogens with one attached hydrogen (secondary N) is 1. The van der Waals surface area contributed by atoms with Gasteiger partial charge in [0.2, 0.25) is 15.9 Å². The summed E-state index contributed by atoms with van der Waals surface area (Å²) < 4.78 is 38.1. The molecular formula is C21H30N4O6S. The molecule has 1 N–H and O–H groups in total. The molecule has 4 rings (SSSR count). The lowest BCUT2D eigenvalue weighted by Gasteiger charge is -2.30. The minimum absolute atomic E-state index is 0.0625. The lowest BCUT2D eigenvalue weighted by atomic mass is 10.2. The highest BCUT2D eigenvalue weighted by Crippen LogP contribution is 2.35. The number of morpholine rings is 1. The highest BCUT2D eigenvalue weighted by molar-refractivity contribution is 7.89. The van der Waals surface area contributed by atoms with Crippen molar-refractivity contribution in [1.29, 1.82) is 0 Å². The highest BCUT2D eigenvalue weighted by Gasteiger charge is 2.31. The molecule has 0 aliphatic carbocycles. The van der Waals surface area contributed by atoms with Gasteiger partial charge in [-0.25, -0.2) is 8.42 Å². The number of benzene rings is 1. The molecule has 0 spiro atoms. The second-order valence-electron chi connectivity index (χ2n) is 8.17. The number of fused-ring (bicyclic) bond motifs is 1. The van der Waals surface area contributed by atoms with Gasteiger partial charge in [-0.05, 0) is 57.1 Å². The van der Waals surface area contributed by atoms with Crippen LogP contribution in [0.4, 0.5) is 5.69 Å². The standard InChI is InChI=1S/C21H30N4O6S/c26-20(22-6-3-9-23-7-1-2-8-23)15-25-18-14-17(4-5-19(18)31-16-21(25)27)32(28,29)24-10-12-30-13-11-24/h4-5,14H,1-3,6-13,15-16H2,(H,22,26). The average molecular weight is 467 g/mol. The van der Waals surface area contributed by atoms with Gasteiger partial charge in [0.25, 0.3) is 5.91 Å². The van der Waals surface area contributed by atoms with E-state index in [-0.39, 0.29) is 43.0 Å². The summed E-state index contributed by atoms with van der Waals surface area (Å²) in [7, 11) is -3.74. The van der Waals surface area contributed by atoms with Gasteiger partial charge in [0, 0.05) is 19.6 Å². The van der Waals surface area contributed by atoms with Gasteiger partial charge in [-0.2, -0.15) is 4.31 Å². The molecule has 11 heteroatoms. The Morgan fingerprint density at radius 3 is 2.59 bits per heavy atom. The van der Waals surface area contributed by atoms with Crippen molar-refractivity contribution in [2.24, 2.45) is 0 Å². The first-order chi connectivity index (χ1) is 15.4. The number of hydrogen-bond acceptors (Lipinski definition) is 7. The van der Waals surface area contributed by atoms with Crippen LogP contribution in [-0.4, -0.2) is 95.1 Å². The number of anilines is 1. The van der Waals surface area contributed by atoms with E-state index in [0.717, 1.165) is 26.1 Å². The fraction of sp³-hybridized carbons (Fsp3) is 0.619. The number of sulfonamides is 1. The summed E-state index contributed by atoms with van der Waals surface area (Å²) in [6.45, 7) is 4.58. The van der Waals surface area contributed by atoms with Gasteiger partial charge in [0.15, 0.2) is 6.61 Å². The summed E-state index contributed by atoms with van der Waals surface area (Å²) in [4.78, 5) is 28.7. The molecule has 1 aromatic carbocycles. The van der Waals surface area contributed by atoms with Crippen LogP contribution in [-0.2, 0) is 24.3 Å². The van der Waals surface area contributed by atoms with Crippen LogP contribution >= 0.6 is 0 Å². The molecule has 176 valence electrons. The number of ether oxygens (including phenoxy) is 2. The van der Waals surface area contributed by atoms with Crippen LogP contribution < -0.4 is 15.0 Å². The van der Waals surface area contributed by atoms with E-state index in [9.17, 15) is 18.0 Å². The Labute approximate surface area is 188 Å². The van der Waals surface area contributed by atoms with Crippen molar-refractivity contribution in [2.75, 3.05) is 70.5 Å². The minimum Gasteiger partial charge on any atom is -0.482 e. The molecule has 3 heterocycles. The van der Waals surface area contributed by atoms with Gasteiger partial charge in [-0.3, -0.25) is 14.5 Å². The molecule has 32 heavy (non-hydrogen) atoms. The lowest BCUT2D eigenvalue weighted by molar-refractivity contribution is -0.125. The number of nitrogens with zero attached hydrogens (tertiary/aromatic N) is 3. The number of hydrogen-bond donors (Lipinski definition) is 1. The molecule has 2 amide bonds. The van der Waals surface area contributed by atoms with Crippen LogP contribution in [0.1, 0.15) is 19.3 Å².